The van der Waals surface area contributed by atoms with Crippen molar-refractivity contribution in [3.8, 4) is 11.3 Å². The summed E-state index contributed by atoms with van der Waals surface area (Å²) in [6, 6.07) is 7.29. The van der Waals surface area contributed by atoms with Crippen LogP contribution in [0.4, 0.5) is 0 Å². The Hall–Kier alpha value is -2.90. The number of aromatic nitrogens is 3. The van der Waals surface area contributed by atoms with Crippen molar-refractivity contribution in [1.82, 2.24) is 19.3 Å². The number of hydrogen-bond donors (Lipinski definition) is 1. The van der Waals surface area contributed by atoms with Crippen molar-refractivity contribution in [2.24, 2.45) is 5.92 Å². The molecule has 0 saturated carbocycles. The molecule has 3 heterocycles. The van der Waals surface area contributed by atoms with Gasteiger partial charge in [-0.25, -0.2) is 4.98 Å². The number of fused-ring (bicyclic) bond motifs is 1. The molecule has 0 aliphatic carbocycles. The van der Waals surface area contributed by atoms with E-state index in [1.807, 2.05) is 18.2 Å². The third-order valence-corrected chi connectivity index (χ3v) is 5.32. The molecule has 1 aliphatic rings. The van der Waals surface area contributed by atoms with Crippen LogP contribution in [-0.4, -0.2) is 39.6 Å². The molecule has 4 rings (SSSR count). The lowest BCUT2D eigenvalue weighted by Gasteiger charge is -2.13. The number of rotatable bonds is 6. The zero-order chi connectivity index (χ0) is 20.4. The molecule has 8 heteroatoms. The van der Waals surface area contributed by atoms with Crippen LogP contribution < -0.4 is 10.9 Å². The first-order valence-corrected chi connectivity index (χ1v) is 9.80. The summed E-state index contributed by atoms with van der Waals surface area (Å²) in [5, 5.41) is 3.40. The molecule has 1 amide bonds. The van der Waals surface area contributed by atoms with Gasteiger partial charge in [0.2, 0.25) is 5.65 Å². The lowest BCUT2D eigenvalue weighted by atomic mass is 10.1. The van der Waals surface area contributed by atoms with Crippen molar-refractivity contribution in [1.29, 1.82) is 0 Å². The van der Waals surface area contributed by atoms with Gasteiger partial charge in [-0.05, 0) is 12.5 Å². The molecule has 1 unspecified atom stereocenters. The average molecular weight is 413 g/mol. The maximum Gasteiger partial charge on any atom is 0.295 e. The van der Waals surface area contributed by atoms with Crippen LogP contribution in [0.25, 0.3) is 16.9 Å². The minimum Gasteiger partial charge on any atom is -0.381 e. The van der Waals surface area contributed by atoms with E-state index in [1.54, 1.807) is 33.5 Å². The molecule has 1 N–H and O–H groups in total. The molecule has 1 aromatic carbocycles. The molecule has 1 saturated heterocycles. The summed E-state index contributed by atoms with van der Waals surface area (Å²) in [7, 11) is 0. The Morgan fingerprint density at radius 2 is 2.21 bits per heavy atom. The number of halogens is 1. The van der Waals surface area contributed by atoms with E-state index < -0.39 is 0 Å². The molecule has 0 bridgehead atoms. The molecular weight excluding hydrogens is 392 g/mol. The predicted octanol–water partition coefficient (Wildman–Crippen LogP) is 2.77. The smallest absolute Gasteiger partial charge is 0.295 e. The first-order valence-electron chi connectivity index (χ1n) is 9.42. The van der Waals surface area contributed by atoms with Gasteiger partial charge < -0.3 is 10.1 Å². The molecular formula is C21H21ClN4O3. The Labute approximate surface area is 172 Å². The van der Waals surface area contributed by atoms with Crippen LogP contribution in [0.15, 0.2) is 54.1 Å². The number of carbonyl (C=O) groups excluding carboxylic acids is 1. The zero-order valence-electron chi connectivity index (χ0n) is 15.8. The number of nitrogens with zero attached hydrogens (tertiary/aromatic N) is 3. The Kier molecular flexibility index (Phi) is 5.51. The van der Waals surface area contributed by atoms with Crippen LogP contribution >= 0.6 is 11.6 Å². The van der Waals surface area contributed by atoms with E-state index in [1.165, 1.54) is 0 Å². The van der Waals surface area contributed by atoms with Gasteiger partial charge in [-0.3, -0.25) is 18.6 Å². The molecule has 3 aromatic rings. The van der Waals surface area contributed by atoms with Crippen molar-refractivity contribution in [3.05, 3.63) is 70.4 Å². The highest BCUT2D eigenvalue weighted by molar-refractivity contribution is 6.33. The van der Waals surface area contributed by atoms with E-state index in [-0.39, 0.29) is 22.8 Å². The van der Waals surface area contributed by atoms with Crippen molar-refractivity contribution in [2.75, 3.05) is 19.8 Å². The van der Waals surface area contributed by atoms with E-state index in [0.29, 0.717) is 36.3 Å². The van der Waals surface area contributed by atoms with Crippen LogP contribution in [-0.2, 0) is 11.3 Å². The van der Waals surface area contributed by atoms with E-state index in [2.05, 4.69) is 16.9 Å². The van der Waals surface area contributed by atoms with Crippen LogP contribution in [0, 0.1) is 5.92 Å². The van der Waals surface area contributed by atoms with Gasteiger partial charge in [0, 0.05) is 48.6 Å². The molecule has 7 nitrogen and oxygen atoms in total. The fourth-order valence-corrected chi connectivity index (χ4v) is 3.69. The number of carbonyl (C=O) groups is 1. The monoisotopic (exact) mass is 412 g/mol. The lowest BCUT2D eigenvalue weighted by molar-refractivity contribution is 0.0940. The van der Waals surface area contributed by atoms with E-state index in [0.717, 1.165) is 18.6 Å². The third kappa shape index (κ3) is 3.83. The van der Waals surface area contributed by atoms with Crippen LogP contribution in [0.3, 0.4) is 0 Å². The molecule has 2 aromatic heterocycles. The van der Waals surface area contributed by atoms with Gasteiger partial charge in [0.1, 0.15) is 5.69 Å². The summed E-state index contributed by atoms with van der Waals surface area (Å²) < 4.78 is 8.45. The Bertz CT molecular complexity index is 1130. The van der Waals surface area contributed by atoms with Gasteiger partial charge in [-0.2, -0.15) is 0 Å². The number of ether oxygens (including phenoxy) is 1. The molecule has 0 radical (unpaired) electrons. The highest BCUT2D eigenvalue weighted by Gasteiger charge is 2.20. The molecule has 150 valence electrons. The standard InChI is InChI=1S/C21H21ClN4O3/c1-2-8-26-18(15-5-3-4-6-16(15)22)12-25-11-17(24-19(25)21(26)28)20(27)23-10-14-7-9-29-13-14/h2-6,11-12,14H,1,7-10,13H2,(H,23,27). The minimum atomic E-state index is -0.314. The van der Waals surface area contributed by atoms with E-state index >= 15 is 0 Å². The summed E-state index contributed by atoms with van der Waals surface area (Å²) >= 11 is 6.35. The van der Waals surface area contributed by atoms with Crippen molar-refractivity contribution < 1.29 is 9.53 Å². The highest BCUT2D eigenvalue weighted by atomic mass is 35.5. The number of nitrogens with one attached hydrogen (secondary N) is 1. The average Bonchev–Trinajstić information content (AvgIpc) is 3.38. The van der Waals surface area contributed by atoms with E-state index in [4.69, 9.17) is 16.3 Å². The van der Waals surface area contributed by atoms with Crippen LogP contribution in [0.2, 0.25) is 5.02 Å². The second-order valence-electron chi connectivity index (χ2n) is 7.00. The molecule has 1 atom stereocenters. The van der Waals surface area contributed by atoms with Crippen LogP contribution in [0.5, 0.6) is 0 Å². The van der Waals surface area contributed by atoms with Gasteiger partial charge in [-0.15, -0.1) is 6.58 Å². The summed E-state index contributed by atoms with van der Waals surface area (Å²) in [6.07, 6.45) is 5.89. The molecule has 1 fully saturated rings. The van der Waals surface area contributed by atoms with Gasteiger partial charge in [-0.1, -0.05) is 35.9 Å². The Morgan fingerprint density at radius 3 is 2.93 bits per heavy atom. The fraction of sp³-hybridized carbons (Fsp3) is 0.286. The largest absolute Gasteiger partial charge is 0.381 e. The number of imidazole rings is 1. The summed E-state index contributed by atoms with van der Waals surface area (Å²) in [5.41, 5.74) is 1.40. The minimum absolute atomic E-state index is 0.178. The third-order valence-electron chi connectivity index (χ3n) is 4.99. The second kappa shape index (κ2) is 8.23. The number of amides is 1. The first kappa shape index (κ1) is 19.4. The number of allylic oxidation sites excluding steroid dienone is 1. The summed E-state index contributed by atoms with van der Waals surface area (Å²) in [5.74, 6) is 0.00203. The van der Waals surface area contributed by atoms with E-state index in [9.17, 15) is 9.59 Å². The predicted molar refractivity (Wildman–Crippen MR) is 111 cm³/mol. The van der Waals surface area contributed by atoms with Gasteiger partial charge in [0.05, 0.1) is 12.3 Å². The zero-order valence-corrected chi connectivity index (χ0v) is 16.6. The highest BCUT2D eigenvalue weighted by Crippen LogP contribution is 2.27. The van der Waals surface area contributed by atoms with Crippen molar-refractivity contribution in [2.45, 2.75) is 13.0 Å². The maximum absolute atomic E-state index is 13.1. The maximum atomic E-state index is 13.1. The Morgan fingerprint density at radius 1 is 1.38 bits per heavy atom. The van der Waals surface area contributed by atoms with Gasteiger partial charge >= 0.3 is 0 Å². The molecule has 1 aliphatic heterocycles. The van der Waals surface area contributed by atoms with Crippen molar-refractivity contribution in [3.63, 3.8) is 0 Å². The lowest BCUT2D eigenvalue weighted by Crippen LogP contribution is -2.29. The summed E-state index contributed by atoms with van der Waals surface area (Å²) in [6.45, 7) is 5.94. The Balaban J connectivity index is 1.73. The normalized spacial score (nSPS) is 16.2. The number of hydrogen-bond acceptors (Lipinski definition) is 4. The second-order valence-corrected chi connectivity index (χ2v) is 7.40. The molecule has 0 spiro atoms. The van der Waals surface area contributed by atoms with Gasteiger partial charge in [0.15, 0.2) is 0 Å². The fourth-order valence-electron chi connectivity index (χ4n) is 3.46. The SMILES string of the molecule is C=CCn1c(-c2ccccc2Cl)cn2cc(C(=O)NCC3CCOC3)nc2c1=O. The van der Waals surface area contributed by atoms with Gasteiger partial charge in [0.25, 0.3) is 11.5 Å². The number of benzene rings is 1. The molecule has 29 heavy (non-hydrogen) atoms. The quantitative estimate of drug-likeness (QED) is 0.631. The topological polar surface area (TPSA) is 77.6 Å². The summed E-state index contributed by atoms with van der Waals surface area (Å²) in [4.78, 5) is 29.9. The first-order chi connectivity index (χ1) is 14.1. The van der Waals surface area contributed by atoms with Crippen LogP contribution in [0.1, 0.15) is 16.9 Å². The van der Waals surface area contributed by atoms with Crippen molar-refractivity contribution >= 4 is 23.2 Å².